The van der Waals surface area contributed by atoms with Crippen molar-refractivity contribution in [3.63, 3.8) is 0 Å². The molecule has 0 amide bonds. The van der Waals surface area contributed by atoms with Gasteiger partial charge in [0.25, 0.3) is 0 Å². The Morgan fingerprint density at radius 3 is 3.08 bits per heavy atom. The predicted octanol–water partition coefficient (Wildman–Crippen LogP) is 2.78. The Hall–Kier alpha value is 0.300. The molecule has 0 aromatic carbocycles. The molecular weight excluding hydrogens is 210 g/mol. The van der Waals surface area contributed by atoms with Crippen molar-refractivity contribution in [1.82, 2.24) is 5.32 Å². The van der Waals surface area contributed by atoms with E-state index >= 15 is 0 Å². The molecule has 0 saturated carbocycles. The van der Waals surface area contributed by atoms with E-state index in [4.69, 9.17) is 11.6 Å². The Balaban J connectivity index is 2.08. The first kappa shape index (κ1) is 8.88. The molecule has 1 atom stereocenters. The molecule has 0 aliphatic carbocycles. The number of thiophene rings is 1. The number of rotatable bonds is 1. The van der Waals surface area contributed by atoms with Gasteiger partial charge in [0, 0.05) is 24.1 Å². The summed E-state index contributed by atoms with van der Waals surface area (Å²) in [5, 5.41) is 5.62. The standard InChI is InChI=1S/C8H10ClNS2/c9-8-3-6(4-12-8)7-5-11-2-1-10-7/h3-4,7,10H,1-2,5H2. The van der Waals surface area contributed by atoms with Crippen molar-refractivity contribution in [3.05, 3.63) is 21.3 Å². The topological polar surface area (TPSA) is 12.0 Å². The van der Waals surface area contributed by atoms with Crippen LogP contribution in [0.15, 0.2) is 11.4 Å². The summed E-state index contributed by atoms with van der Waals surface area (Å²) in [5.41, 5.74) is 1.34. The van der Waals surface area contributed by atoms with Crippen LogP contribution in [0.1, 0.15) is 11.6 Å². The van der Waals surface area contributed by atoms with E-state index < -0.39 is 0 Å². The fourth-order valence-electron chi connectivity index (χ4n) is 1.29. The van der Waals surface area contributed by atoms with Crippen LogP contribution >= 0.6 is 34.7 Å². The van der Waals surface area contributed by atoms with Gasteiger partial charge in [0.15, 0.2) is 0 Å². The quantitative estimate of drug-likeness (QED) is 0.780. The van der Waals surface area contributed by atoms with Crippen LogP contribution in [0.4, 0.5) is 0 Å². The van der Waals surface area contributed by atoms with Gasteiger partial charge in [-0.15, -0.1) is 11.3 Å². The molecule has 1 saturated heterocycles. The highest BCUT2D eigenvalue weighted by molar-refractivity contribution is 7.99. The number of halogens is 1. The van der Waals surface area contributed by atoms with Gasteiger partial charge in [0.05, 0.1) is 4.34 Å². The van der Waals surface area contributed by atoms with Gasteiger partial charge in [-0.05, 0) is 17.0 Å². The summed E-state index contributed by atoms with van der Waals surface area (Å²) in [6.45, 7) is 1.11. The summed E-state index contributed by atoms with van der Waals surface area (Å²) in [7, 11) is 0. The molecule has 2 heterocycles. The number of hydrogen-bond donors (Lipinski definition) is 1. The van der Waals surface area contributed by atoms with E-state index in [2.05, 4.69) is 16.8 Å². The Morgan fingerprint density at radius 1 is 1.58 bits per heavy atom. The van der Waals surface area contributed by atoms with Crippen molar-refractivity contribution >= 4 is 34.7 Å². The minimum atomic E-state index is 0.521. The van der Waals surface area contributed by atoms with Crippen molar-refractivity contribution in [2.45, 2.75) is 6.04 Å². The maximum Gasteiger partial charge on any atom is 0.0931 e. The van der Waals surface area contributed by atoms with Gasteiger partial charge in [-0.1, -0.05) is 11.6 Å². The van der Waals surface area contributed by atoms with Gasteiger partial charge in [-0.3, -0.25) is 0 Å². The second kappa shape index (κ2) is 4.01. The molecule has 0 bridgehead atoms. The molecule has 1 fully saturated rings. The summed E-state index contributed by atoms with van der Waals surface area (Å²) in [5.74, 6) is 2.40. The minimum absolute atomic E-state index is 0.521. The molecule has 1 aromatic heterocycles. The van der Waals surface area contributed by atoms with E-state index in [1.54, 1.807) is 11.3 Å². The van der Waals surface area contributed by atoms with Crippen molar-refractivity contribution in [1.29, 1.82) is 0 Å². The van der Waals surface area contributed by atoms with Crippen LogP contribution in [-0.2, 0) is 0 Å². The molecule has 1 aromatic rings. The molecule has 2 rings (SSSR count). The normalized spacial score (nSPS) is 24.2. The van der Waals surface area contributed by atoms with Crippen molar-refractivity contribution in [2.75, 3.05) is 18.1 Å². The van der Waals surface area contributed by atoms with E-state index in [1.165, 1.54) is 17.1 Å². The molecule has 1 unspecified atom stereocenters. The molecule has 1 N–H and O–H groups in total. The zero-order valence-corrected chi connectivity index (χ0v) is 8.94. The third-order valence-corrected chi connectivity index (χ3v) is 4.08. The highest BCUT2D eigenvalue weighted by Gasteiger charge is 2.15. The van der Waals surface area contributed by atoms with Crippen molar-refractivity contribution in [2.24, 2.45) is 0 Å². The van der Waals surface area contributed by atoms with Gasteiger partial charge < -0.3 is 5.32 Å². The van der Waals surface area contributed by atoms with Gasteiger partial charge in [-0.2, -0.15) is 11.8 Å². The fourth-order valence-corrected chi connectivity index (χ4v) is 3.21. The van der Waals surface area contributed by atoms with E-state index in [0.29, 0.717) is 6.04 Å². The monoisotopic (exact) mass is 219 g/mol. The largest absolute Gasteiger partial charge is 0.308 e. The van der Waals surface area contributed by atoms with Crippen LogP contribution < -0.4 is 5.32 Å². The lowest BCUT2D eigenvalue weighted by atomic mass is 10.2. The third-order valence-electron chi connectivity index (χ3n) is 1.91. The molecule has 4 heteroatoms. The van der Waals surface area contributed by atoms with Crippen molar-refractivity contribution < 1.29 is 0 Å². The van der Waals surface area contributed by atoms with E-state index in [0.717, 1.165) is 10.9 Å². The molecule has 12 heavy (non-hydrogen) atoms. The number of nitrogens with one attached hydrogen (secondary N) is 1. The van der Waals surface area contributed by atoms with Crippen molar-refractivity contribution in [3.8, 4) is 0 Å². The van der Waals surface area contributed by atoms with Crippen LogP contribution in [0.3, 0.4) is 0 Å². The van der Waals surface area contributed by atoms with Crippen LogP contribution in [0, 0.1) is 0 Å². The Morgan fingerprint density at radius 2 is 2.50 bits per heavy atom. The Bertz CT molecular complexity index is 255. The zero-order valence-electron chi connectivity index (χ0n) is 6.55. The first-order chi connectivity index (χ1) is 5.86. The second-order valence-electron chi connectivity index (χ2n) is 2.77. The van der Waals surface area contributed by atoms with Gasteiger partial charge in [0.1, 0.15) is 0 Å². The van der Waals surface area contributed by atoms with E-state index in [-0.39, 0.29) is 0 Å². The first-order valence-corrected chi connectivity index (χ1v) is 6.32. The van der Waals surface area contributed by atoms with E-state index in [1.807, 2.05) is 11.8 Å². The lowest BCUT2D eigenvalue weighted by Crippen LogP contribution is -2.29. The smallest absolute Gasteiger partial charge is 0.0931 e. The maximum atomic E-state index is 5.86. The Kier molecular flexibility index (Phi) is 2.96. The molecular formula is C8H10ClNS2. The van der Waals surface area contributed by atoms with Crippen LogP contribution in [-0.4, -0.2) is 18.1 Å². The van der Waals surface area contributed by atoms with Gasteiger partial charge in [-0.25, -0.2) is 0 Å². The minimum Gasteiger partial charge on any atom is -0.308 e. The fraction of sp³-hybridized carbons (Fsp3) is 0.500. The van der Waals surface area contributed by atoms with Gasteiger partial charge >= 0.3 is 0 Å². The highest BCUT2D eigenvalue weighted by atomic mass is 35.5. The molecule has 0 radical (unpaired) electrons. The van der Waals surface area contributed by atoms with Crippen LogP contribution in [0.5, 0.6) is 0 Å². The average molecular weight is 220 g/mol. The molecule has 1 aliphatic heterocycles. The molecule has 1 aliphatic rings. The van der Waals surface area contributed by atoms with E-state index in [9.17, 15) is 0 Å². The Labute approximate surface area is 85.5 Å². The summed E-state index contributed by atoms with van der Waals surface area (Å²) in [6, 6.07) is 2.59. The number of hydrogen-bond acceptors (Lipinski definition) is 3. The summed E-state index contributed by atoms with van der Waals surface area (Å²) < 4.78 is 0.891. The third kappa shape index (κ3) is 1.96. The summed E-state index contributed by atoms with van der Waals surface area (Å²) >= 11 is 9.48. The van der Waals surface area contributed by atoms with Crippen LogP contribution in [0.2, 0.25) is 4.34 Å². The summed E-state index contributed by atoms with van der Waals surface area (Å²) in [6.07, 6.45) is 0. The first-order valence-electron chi connectivity index (χ1n) is 3.91. The zero-order chi connectivity index (χ0) is 8.39. The highest BCUT2D eigenvalue weighted by Crippen LogP contribution is 2.28. The molecule has 66 valence electrons. The van der Waals surface area contributed by atoms with Crippen LogP contribution in [0.25, 0.3) is 0 Å². The average Bonchev–Trinajstić information content (AvgIpc) is 2.54. The lowest BCUT2D eigenvalue weighted by molar-refractivity contribution is 0.597. The number of thioether (sulfide) groups is 1. The summed E-state index contributed by atoms with van der Waals surface area (Å²) in [4.78, 5) is 0. The second-order valence-corrected chi connectivity index (χ2v) is 5.46. The molecule has 1 nitrogen and oxygen atoms in total. The maximum absolute atomic E-state index is 5.86. The lowest BCUT2D eigenvalue weighted by Gasteiger charge is -2.22. The predicted molar refractivity (Wildman–Crippen MR) is 57.4 cm³/mol. The molecule has 0 spiro atoms. The van der Waals surface area contributed by atoms with Gasteiger partial charge in [0.2, 0.25) is 0 Å². The SMILES string of the molecule is Clc1cc(C2CSCCN2)cs1.